The first-order chi connectivity index (χ1) is 9.07. The molecule has 0 amide bonds. The Morgan fingerprint density at radius 2 is 2.11 bits per heavy atom. The quantitative estimate of drug-likeness (QED) is 0.753. The molecule has 0 aliphatic heterocycles. The lowest BCUT2D eigenvalue weighted by Crippen LogP contribution is -2.33. The van der Waals surface area contributed by atoms with Crippen molar-refractivity contribution in [2.45, 2.75) is 19.3 Å². The molecule has 0 unspecified atom stereocenters. The first-order valence-corrected chi connectivity index (χ1v) is 7.37. The Balaban J connectivity index is 1.84. The Labute approximate surface area is 123 Å². The average molecular weight is 326 g/mol. The summed E-state index contributed by atoms with van der Waals surface area (Å²) in [5.74, 6) is -0.0553. The molecule has 4 heteroatoms. The van der Waals surface area contributed by atoms with Gasteiger partial charge in [0.2, 0.25) is 0 Å². The van der Waals surface area contributed by atoms with E-state index >= 15 is 0 Å². The molecule has 0 bridgehead atoms. The van der Waals surface area contributed by atoms with Crippen LogP contribution in [-0.2, 0) is 16.0 Å². The molecule has 0 atom stereocenters. The van der Waals surface area contributed by atoms with E-state index in [1.165, 1.54) is 12.7 Å². The van der Waals surface area contributed by atoms with Crippen molar-refractivity contribution in [3.8, 4) is 0 Å². The number of halogens is 1. The lowest BCUT2D eigenvalue weighted by Gasteiger charge is -2.22. The van der Waals surface area contributed by atoms with Gasteiger partial charge >= 0.3 is 5.97 Å². The number of carbonyl (C=O) groups excluding carboxylic acids is 1. The maximum Gasteiger partial charge on any atom is 0.313 e. The highest BCUT2D eigenvalue weighted by Crippen LogP contribution is 2.47. The second-order valence-electron chi connectivity index (χ2n) is 5.35. The van der Waals surface area contributed by atoms with Crippen LogP contribution < -0.4 is 0 Å². The summed E-state index contributed by atoms with van der Waals surface area (Å²) < 4.78 is 6.04. The van der Waals surface area contributed by atoms with Gasteiger partial charge in [0, 0.05) is 17.6 Å². The first-order valence-electron chi connectivity index (χ1n) is 6.58. The van der Waals surface area contributed by atoms with Crippen LogP contribution in [-0.4, -0.2) is 38.1 Å². The van der Waals surface area contributed by atoms with Crippen LogP contribution >= 0.6 is 15.9 Å². The van der Waals surface area contributed by atoms with Gasteiger partial charge < -0.3 is 9.64 Å². The lowest BCUT2D eigenvalue weighted by atomic mass is 10.1. The van der Waals surface area contributed by atoms with Crippen molar-refractivity contribution in [3.63, 3.8) is 0 Å². The van der Waals surface area contributed by atoms with Crippen LogP contribution in [0, 0.1) is 5.41 Å². The molecule has 1 aliphatic rings. The van der Waals surface area contributed by atoms with Crippen molar-refractivity contribution >= 4 is 21.9 Å². The summed E-state index contributed by atoms with van der Waals surface area (Å²) in [5.41, 5.74) is 1.08. The topological polar surface area (TPSA) is 29.5 Å². The van der Waals surface area contributed by atoms with Gasteiger partial charge in [0.15, 0.2) is 0 Å². The zero-order chi connectivity index (χ0) is 13.9. The maximum absolute atomic E-state index is 11.7. The van der Waals surface area contributed by atoms with Crippen molar-refractivity contribution in [3.05, 3.63) is 34.3 Å². The number of hydrogen-bond donors (Lipinski definition) is 0. The van der Waals surface area contributed by atoms with E-state index in [9.17, 15) is 4.79 Å². The third-order valence-electron chi connectivity index (χ3n) is 3.77. The van der Waals surface area contributed by atoms with Crippen LogP contribution in [0.1, 0.15) is 18.4 Å². The molecule has 2 rings (SSSR count). The first kappa shape index (κ1) is 14.5. The molecule has 104 valence electrons. The number of nitrogens with zero attached hydrogens (tertiary/aromatic N) is 1. The van der Waals surface area contributed by atoms with E-state index in [0.717, 1.165) is 36.8 Å². The summed E-state index contributed by atoms with van der Waals surface area (Å²) in [6.07, 6.45) is 2.90. The number of carbonyl (C=O) groups is 1. The summed E-state index contributed by atoms with van der Waals surface area (Å²) in [4.78, 5) is 13.9. The van der Waals surface area contributed by atoms with E-state index in [1.807, 2.05) is 6.07 Å². The van der Waals surface area contributed by atoms with Gasteiger partial charge in [-0.3, -0.25) is 4.79 Å². The molecule has 1 saturated carbocycles. The Hall–Kier alpha value is -0.870. The lowest BCUT2D eigenvalue weighted by molar-refractivity contribution is -0.147. The minimum atomic E-state index is -0.225. The Morgan fingerprint density at radius 1 is 1.42 bits per heavy atom. The molecule has 1 aromatic carbocycles. The van der Waals surface area contributed by atoms with Crippen molar-refractivity contribution in [2.75, 3.05) is 27.2 Å². The molecule has 0 saturated heterocycles. The van der Waals surface area contributed by atoms with Crippen LogP contribution in [0.2, 0.25) is 0 Å². The highest BCUT2D eigenvalue weighted by Gasteiger charge is 2.51. The summed E-state index contributed by atoms with van der Waals surface area (Å²) in [5, 5.41) is 0. The van der Waals surface area contributed by atoms with Crippen LogP contribution in [0.25, 0.3) is 0 Å². The molecule has 1 aliphatic carbocycles. The Kier molecular flexibility index (Phi) is 4.63. The van der Waals surface area contributed by atoms with Crippen LogP contribution in [0.4, 0.5) is 0 Å². The smallest absolute Gasteiger partial charge is 0.313 e. The predicted molar refractivity (Wildman–Crippen MR) is 79.0 cm³/mol. The van der Waals surface area contributed by atoms with Crippen LogP contribution in [0.15, 0.2) is 28.7 Å². The van der Waals surface area contributed by atoms with Gasteiger partial charge in [0.25, 0.3) is 0 Å². The minimum Gasteiger partial charge on any atom is -0.469 e. The number of hydrogen-bond acceptors (Lipinski definition) is 3. The monoisotopic (exact) mass is 325 g/mol. The molecule has 3 nitrogen and oxygen atoms in total. The summed E-state index contributed by atoms with van der Waals surface area (Å²) in [6, 6.07) is 8.27. The predicted octanol–water partition coefficient (Wildman–Crippen LogP) is 2.88. The van der Waals surface area contributed by atoms with Crippen LogP contribution in [0.5, 0.6) is 0 Å². The molecule has 0 aromatic heterocycles. The second-order valence-corrected chi connectivity index (χ2v) is 6.21. The van der Waals surface area contributed by atoms with Gasteiger partial charge in [0.05, 0.1) is 12.5 Å². The zero-order valence-corrected chi connectivity index (χ0v) is 13.1. The van der Waals surface area contributed by atoms with Crippen molar-refractivity contribution in [2.24, 2.45) is 5.41 Å². The number of likely N-dealkylation sites (N-methyl/N-ethyl adjacent to an activating group) is 1. The molecule has 0 N–H and O–H groups in total. The zero-order valence-electron chi connectivity index (χ0n) is 11.5. The largest absolute Gasteiger partial charge is 0.469 e. The fourth-order valence-electron chi connectivity index (χ4n) is 2.40. The van der Waals surface area contributed by atoms with E-state index in [0.29, 0.717) is 0 Å². The SMILES string of the molecule is COC(=O)C1(CN(C)CCc2ccccc2Br)CC1. The van der Waals surface area contributed by atoms with Crippen molar-refractivity contribution in [1.82, 2.24) is 4.90 Å². The van der Waals surface area contributed by atoms with Gasteiger partial charge in [-0.1, -0.05) is 34.1 Å². The number of methoxy groups -OCH3 is 1. The third kappa shape index (κ3) is 3.57. The number of benzene rings is 1. The highest BCUT2D eigenvalue weighted by molar-refractivity contribution is 9.10. The van der Waals surface area contributed by atoms with Gasteiger partial charge in [-0.2, -0.15) is 0 Å². The van der Waals surface area contributed by atoms with E-state index in [2.05, 4.69) is 46.1 Å². The standard InChI is InChI=1S/C15H20BrNO2/c1-17(11-15(8-9-15)14(18)19-2)10-7-12-5-3-4-6-13(12)16/h3-6H,7-11H2,1-2H3. The Bertz CT molecular complexity index is 457. The van der Waals surface area contributed by atoms with Crippen LogP contribution in [0.3, 0.4) is 0 Å². The Morgan fingerprint density at radius 3 is 2.68 bits per heavy atom. The molecule has 0 spiro atoms. The fraction of sp³-hybridized carbons (Fsp3) is 0.533. The van der Waals surface area contributed by atoms with E-state index in [-0.39, 0.29) is 11.4 Å². The third-order valence-corrected chi connectivity index (χ3v) is 4.54. The number of esters is 1. The van der Waals surface area contributed by atoms with Gasteiger partial charge in [-0.15, -0.1) is 0 Å². The molecule has 0 heterocycles. The van der Waals surface area contributed by atoms with E-state index in [1.54, 1.807) is 0 Å². The van der Waals surface area contributed by atoms with E-state index in [4.69, 9.17) is 4.74 Å². The minimum absolute atomic E-state index is 0.0553. The number of ether oxygens (including phenoxy) is 1. The maximum atomic E-state index is 11.7. The van der Waals surface area contributed by atoms with Crippen molar-refractivity contribution in [1.29, 1.82) is 0 Å². The fourth-order valence-corrected chi connectivity index (χ4v) is 2.89. The van der Waals surface area contributed by atoms with Gasteiger partial charge in [0.1, 0.15) is 0 Å². The highest BCUT2D eigenvalue weighted by atomic mass is 79.9. The van der Waals surface area contributed by atoms with Gasteiger partial charge in [-0.25, -0.2) is 0 Å². The number of rotatable bonds is 6. The molecule has 0 radical (unpaired) electrons. The summed E-state index contributed by atoms with van der Waals surface area (Å²) in [6.45, 7) is 1.74. The summed E-state index contributed by atoms with van der Waals surface area (Å²) in [7, 11) is 3.54. The second kappa shape index (κ2) is 6.06. The molecular formula is C15H20BrNO2. The van der Waals surface area contributed by atoms with Crippen molar-refractivity contribution < 1.29 is 9.53 Å². The molecule has 1 aromatic rings. The van der Waals surface area contributed by atoms with Gasteiger partial charge in [-0.05, 0) is 37.9 Å². The normalized spacial score (nSPS) is 16.4. The van der Waals surface area contributed by atoms with E-state index < -0.39 is 0 Å². The molecule has 19 heavy (non-hydrogen) atoms. The average Bonchev–Trinajstić information content (AvgIpc) is 3.17. The molecule has 1 fully saturated rings. The molecular weight excluding hydrogens is 306 g/mol. The summed E-state index contributed by atoms with van der Waals surface area (Å²) >= 11 is 3.56.